The number of hydrogen-bond donors (Lipinski definition) is 1. The smallest absolute Gasteiger partial charge is 0.251 e. The third-order valence-corrected chi connectivity index (χ3v) is 1.92. The van der Waals surface area contributed by atoms with Crippen LogP contribution in [0, 0.1) is 0 Å². The number of hydrogen-bond acceptors (Lipinski definition) is 2. The third kappa shape index (κ3) is 3.09. The first-order chi connectivity index (χ1) is 7.00. The second-order valence-corrected chi connectivity index (χ2v) is 3.50. The van der Waals surface area contributed by atoms with E-state index in [4.69, 9.17) is 0 Å². The molecule has 0 aliphatic heterocycles. The summed E-state index contributed by atoms with van der Waals surface area (Å²) >= 11 is 0. The summed E-state index contributed by atoms with van der Waals surface area (Å²) in [7, 11) is 1.64. The first-order valence-corrected chi connectivity index (χ1v) is 4.60. The van der Waals surface area contributed by atoms with Crippen molar-refractivity contribution in [2.75, 3.05) is 6.54 Å². The van der Waals surface area contributed by atoms with Crippen molar-refractivity contribution < 1.29 is 4.79 Å². The van der Waals surface area contributed by atoms with Crippen LogP contribution < -0.4 is 10.9 Å². The summed E-state index contributed by atoms with van der Waals surface area (Å²) in [6, 6.07) is 2.92. The fourth-order valence-electron chi connectivity index (χ4n) is 1.02. The van der Waals surface area contributed by atoms with Gasteiger partial charge in [-0.25, -0.2) is 0 Å². The molecule has 1 heterocycles. The summed E-state index contributed by atoms with van der Waals surface area (Å²) in [5, 5.41) is 2.66. The molecule has 1 amide bonds. The third-order valence-electron chi connectivity index (χ3n) is 1.92. The Balaban J connectivity index is 2.79. The lowest BCUT2D eigenvalue weighted by Crippen LogP contribution is -2.27. The van der Waals surface area contributed by atoms with Crippen LogP contribution >= 0.6 is 0 Å². The molecule has 0 radical (unpaired) electrons. The quantitative estimate of drug-likeness (QED) is 0.740. The first-order valence-electron chi connectivity index (χ1n) is 4.60. The number of aromatic nitrogens is 1. The van der Waals surface area contributed by atoms with Crippen LogP contribution in [0.15, 0.2) is 35.3 Å². The minimum absolute atomic E-state index is 0.196. The van der Waals surface area contributed by atoms with E-state index in [2.05, 4.69) is 11.9 Å². The number of pyridine rings is 1. The summed E-state index contributed by atoms with van der Waals surface area (Å²) < 4.78 is 1.41. The van der Waals surface area contributed by atoms with Gasteiger partial charge in [-0.05, 0) is 13.0 Å². The molecule has 0 saturated carbocycles. The summed E-state index contributed by atoms with van der Waals surface area (Å²) in [5.74, 6) is -0.254. The normalized spacial score (nSPS) is 9.73. The zero-order chi connectivity index (χ0) is 11.4. The first kappa shape index (κ1) is 11.2. The van der Waals surface area contributed by atoms with Crippen LogP contribution in [0.3, 0.4) is 0 Å². The lowest BCUT2D eigenvalue weighted by atomic mass is 10.2. The van der Waals surface area contributed by atoms with E-state index in [-0.39, 0.29) is 11.5 Å². The van der Waals surface area contributed by atoms with Crippen molar-refractivity contribution in [3.8, 4) is 0 Å². The molecule has 4 nitrogen and oxygen atoms in total. The van der Waals surface area contributed by atoms with Crippen molar-refractivity contribution in [3.63, 3.8) is 0 Å². The molecular formula is C11H14N2O2. The molecule has 1 aromatic rings. The number of rotatable bonds is 3. The molecule has 0 aliphatic carbocycles. The van der Waals surface area contributed by atoms with Gasteiger partial charge in [0.15, 0.2) is 0 Å². The molecule has 0 bridgehead atoms. The molecule has 0 aliphatic rings. The minimum atomic E-state index is -0.254. The number of nitrogens with one attached hydrogen (secondary N) is 1. The van der Waals surface area contributed by atoms with Crippen molar-refractivity contribution in [3.05, 3.63) is 46.4 Å². The Hall–Kier alpha value is -1.84. The molecule has 0 unspecified atom stereocenters. The van der Waals surface area contributed by atoms with E-state index >= 15 is 0 Å². The summed E-state index contributed by atoms with van der Waals surface area (Å²) in [4.78, 5) is 22.8. The fraction of sp³-hybridized carbons (Fsp3) is 0.273. The maximum atomic E-state index is 11.5. The van der Waals surface area contributed by atoms with Gasteiger partial charge in [0.1, 0.15) is 0 Å². The number of carbonyl (C=O) groups excluding carboxylic acids is 1. The second-order valence-electron chi connectivity index (χ2n) is 3.50. The molecule has 0 atom stereocenters. The van der Waals surface area contributed by atoms with E-state index in [0.29, 0.717) is 12.1 Å². The van der Waals surface area contributed by atoms with Gasteiger partial charge < -0.3 is 9.88 Å². The number of amides is 1. The molecule has 15 heavy (non-hydrogen) atoms. The zero-order valence-corrected chi connectivity index (χ0v) is 8.91. The van der Waals surface area contributed by atoms with Gasteiger partial charge in [0.25, 0.3) is 11.5 Å². The van der Waals surface area contributed by atoms with Crippen LogP contribution in [-0.2, 0) is 7.05 Å². The summed E-state index contributed by atoms with van der Waals surface area (Å²) in [5.41, 5.74) is 1.05. The topological polar surface area (TPSA) is 51.1 Å². The van der Waals surface area contributed by atoms with E-state index in [1.807, 2.05) is 6.92 Å². The lowest BCUT2D eigenvalue weighted by molar-refractivity contribution is 0.0956. The molecule has 80 valence electrons. The predicted octanol–water partition coefficient (Wildman–Crippen LogP) is 0.691. The van der Waals surface area contributed by atoms with Crippen LogP contribution in [-0.4, -0.2) is 17.0 Å². The molecule has 0 fully saturated rings. The number of aryl methyl sites for hydroxylation is 1. The largest absolute Gasteiger partial charge is 0.348 e. The van der Waals surface area contributed by atoms with Crippen LogP contribution in [0.1, 0.15) is 17.3 Å². The highest BCUT2D eigenvalue weighted by molar-refractivity contribution is 5.94. The van der Waals surface area contributed by atoms with Crippen LogP contribution in [0.25, 0.3) is 0 Å². The molecular weight excluding hydrogens is 192 g/mol. The Morgan fingerprint density at radius 1 is 1.60 bits per heavy atom. The lowest BCUT2D eigenvalue weighted by Gasteiger charge is -2.04. The van der Waals surface area contributed by atoms with E-state index in [1.54, 1.807) is 19.3 Å². The molecule has 0 aromatic carbocycles. The molecule has 1 N–H and O–H groups in total. The number of nitrogens with zero attached hydrogens (tertiary/aromatic N) is 1. The molecule has 0 spiro atoms. The fourth-order valence-corrected chi connectivity index (χ4v) is 1.02. The maximum absolute atomic E-state index is 11.5. The molecule has 1 aromatic heterocycles. The highest BCUT2D eigenvalue weighted by Crippen LogP contribution is 1.94. The van der Waals surface area contributed by atoms with Gasteiger partial charge in [0.2, 0.25) is 0 Å². The van der Waals surface area contributed by atoms with Gasteiger partial charge >= 0.3 is 0 Å². The summed E-state index contributed by atoms with van der Waals surface area (Å²) in [6.07, 6.45) is 1.57. The van der Waals surface area contributed by atoms with Crippen molar-refractivity contribution in [2.24, 2.45) is 7.05 Å². The number of carbonyl (C=O) groups is 1. The summed E-state index contributed by atoms with van der Waals surface area (Å²) in [6.45, 7) is 5.92. The zero-order valence-electron chi connectivity index (χ0n) is 8.91. The predicted molar refractivity (Wildman–Crippen MR) is 58.8 cm³/mol. The van der Waals surface area contributed by atoms with Gasteiger partial charge in [-0.1, -0.05) is 12.2 Å². The molecule has 0 saturated heterocycles. The highest BCUT2D eigenvalue weighted by atomic mass is 16.2. The minimum Gasteiger partial charge on any atom is -0.348 e. The van der Waals surface area contributed by atoms with Crippen LogP contribution in [0.4, 0.5) is 0 Å². The van der Waals surface area contributed by atoms with E-state index < -0.39 is 0 Å². The highest BCUT2D eigenvalue weighted by Gasteiger charge is 2.05. The van der Waals surface area contributed by atoms with Crippen LogP contribution in [0.2, 0.25) is 0 Å². The van der Waals surface area contributed by atoms with E-state index in [9.17, 15) is 9.59 Å². The van der Waals surface area contributed by atoms with Crippen molar-refractivity contribution in [1.29, 1.82) is 0 Å². The average Bonchev–Trinajstić information content (AvgIpc) is 2.18. The monoisotopic (exact) mass is 206 g/mol. The molecule has 4 heteroatoms. The maximum Gasteiger partial charge on any atom is 0.251 e. The second kappa shape index (κ2) is 4.59. The Kier molecular flexibility index (Phi) is 3.44. The SMILES string of the molecule is C=C(C)CNC(=O)c1ccn(C)c(=O)c1. The van der Waals surface area contributed by atoms with Crippen molar-refractivity contribution in [2.45, 2.75) is 6.92 Å². The Labute approximate surface area is 88.2 Å². The van der Waals surface area contributed by atoms with E-state index in [1.165, 1.54) is 10.6 Å². The van der Waals surface area contributed by atoms with Crippen molar-refractivity contribution >= 4 is 5.91 Å². The Morgan fingerprint density at radius 3 is 2.80 bits per heavy atom. The average molecular weight is 206 g/mol. The standard InChI is InChI=1S/C11H14N2O2/c1-8(2)7-12-11(15)9-4-5-13(3)10(14)6-9/h4-6H,1,7H2,2-3H3,(H,12,15). The molecule has 1 rings (SSSR count). The van der Waals surface area contributed by atoms with E-state index in [0.717, 1.165) is 5.57 Å². The van der Waals surface area contributed by atoms with Crippen LogP contribution in [0.5, 0.6) is 0 Å². The van der Waals surface area contributed by atoms with Gasteiger partial charge in [-0.2, -0.15) is 0 Å². The van der Waals surface area contributed by atoms with Gasteiger partial charge in [0.05, 0.1) is 0 Å². The Morgan fingerprint density at radius 2 is 2.27 bits per heavy atom. The van der Waals surface area contributed by atoms with Gasteiger partial charge in [0, 0.05) is 31.4 Å². The van der Waals surface area contributed by atoms with Crippen molar-refractivity contribution in [1.82, 2.24) is 9.88 Å². The van der Waals surface area contributed by atoms with Gasteiger partial charge in [-0.3, -0.25) is 9.59 Å². The Bertz CT molecular complexity index is 446. The van der Waals surface area contributed by atoms with Gasteiger partial charge in [-0.15, -0.1) is 0 Å².